The van der Waals surface area contributed by atoms with Crippen LogP contribution in [0, 0.1) is 17.6 Å². The number of amides is 1. The molecule has 2 aliphatic rings. The number of hydrogen-bond donors (Lipinski definition) is 2. The summed E-state index contributed by atoms with van der Waals surface area (Å²) in [7, 11) is -0.810. The van der Waals surface area contributed by atoms with E-state index in [4.69, 9.17) is 16.6 Å². The second-order valence-corrected chi connectivity index (χ2v) is 17.1. The van der Waals surface area contributed by atoms with E-state index >= 15 is 8.78 Å². The highest BCUT2D eigenvalue weighted by Crippen LogP contribution is 2.68. The van der Waals surface area contributed by atoms with E-state index in [-0.39, 0.29) is 61.8 Å². The lowest BCUT2D eigenvalue weighted by Crippen LogP contribution is -2.38. The van der Waals surface area contributed by atoms with E-state index in [9.17, 15) is 35.6 Å². The van der Waals surface area contributed by atoms with Gasteiger partial charge in [0.05, 0.1) is 50.7 Å². The number of aryl methyl sites for hydroxylation is 2. The number of benzene rings is 2. The molecule has 15 nitrogen and oxygen atoms in total. The van der Waals surface area contributed by atoms with Crippen LogP contribution in [0.5, 0.6) is 0 Å². The lowest BCUT2D eigenvalue weighted by Gasteiger charge is -2.24. The van der Waals surface area contributed by atoms with Crippen molar-refractivity contribution >= 4 is 55.3 Å². The van der Waals surface area contributed by atoms with Gasteiger partial charge in [0.25, 0.3) is 17.9 Å². The number of carbonyl (C=O) groups is 1. The summed E-state index contributed by atoms with van der Waals surface area (Å²) in [5.41, 5.74) is -1.99. The molecule has 61 heavy (non-hydrogen) atoms. The number of nitrogens with one attached hydrogen (secondary N) is 2. The molecular formula is C38H30ClF6N11O4S. The topological polar surface area (TPSA) is 177 Å². The van der Waals surface area contributed by atoms with Gasteiger partial charge in [-0.05, 0) is 60.4 Å². The highest BCUT2D eigenvalue weighted by atomic mass is 35.5. The second kappa shape index (κ2) is 14.1. The van der Waals surface area contributed by atoms with Crippen molar-refractivity contribution in [1.29, 1.82) is 0 Å². The van der Waals surface area contributed by atoms with Crippen LogP contribution in [0.15, 0.2) is 59.5 Å². The van der Waals surface area contributed by atoms with E-state index in [0.717, 1.165) is 23.0 Å². The first-order chi connectivity index (χ1) is 28.8. The van der Waals surface area contributed by atoms with Gasteiger partial charge in [0.2, 0.25) is 15.9 Å². The van der Waals surface area contributed by atoms with Crippen LogP contribution in [0.2, 0.25) is 5.02 Å². The van der Waals surface area contributed by atoms with Crippen molar-refractivity contribution in [3.63, 3.8) is 0 Å². The van der Waals surface area contributed by atoms with Crippen LogP contribution in [-0.2, 0) is 47.8 Å². The van der Waals surface area contributed by atoms with Crippen molar-refractivity contribution in [2.24, 2.45) is 20.0 Å². The summed E-state index contributed by atoms with van der Waals surface area (Å²) in [5.74, 6) is -9.14. The molecule has 0 aliphatic heterocycles. The van der Waals surface area contributed by atoms with Crippen molar-refractivity contribution in [1.82, 2.24) is 49.2 Å². The summed E-state index contributed by atoms with van der Waals surface area (Å²) in [6, 6.07) is 8.42. The summed E-state index contributed by atoms with van der Waals surface area (Å²) in [6.45, 7) is -0.994. The summed E-state index contributed by atoms with van der Waals surface area (Å²) >= 11 is 6.61. The maximum atomic E-state index is 15.5. The summed E-state index contributed by atoms with van der Waals surface area (Å²) in [4.78, 5) is 38.4. The average molecular weight is 886 g/mol. The minimum Gasteiger partial charge on any atom is -0.344 e. The molecule has 1 fully saturated rings. The van der Waals surface area contributed by atoms with Gasteiger partial charge in [-0.1, -0.05) is 11.6 Å². The van der Waals surface area contributed by atoms with Crippen molar-refractivity contribution < 1.29 is 39.6 Å². The smallest absolute Gasteiger partial charge is 0.293 e. The zero-order valence-corrected chi connectivity index (χ0v) is 33.4. The number of pyridine rings is 1. The molecule has 5 heterocycles. The summed E-state index contributed by atoms with van der Waals surface area (Å²) < 4.78 is 120. The van der Waals surface area contributed by atoms with Crippen LogP contribution in [0.1, 0.15) is 53.1 Å². The first-order valence-electron chi connectivity index (χ1n) is 18.4. The third kappa shape index (κ3) is 6.86. The maximum Gasteiger partial charge on any atom is 0.293 e. The van der Waals surface area contributed by atoms with Gasteiger partial charge in [-0.25, -0.2) is 35.9 Å². The average Bonchev–Trinajstić information content (AvgIpc) is 3.40. The Bertz CT molecular complexity index is 3150. The van der Waals surface area contributed by atoms with E-state index in [2.05, 4.69) is 30.3 Å². The van der Waals surface area contributed by atoms with Crippen LogP contribution < -0.4 is 15.6 Å². The molecule has 1 amide bonds. The fraction of sp³-hybridized carbons (Fsp3) is 0.289. The van der Waals surface area contributed by atoms with Gasteiger partial charge >= 0.3 is 0 Å². The molecule has 2 aromatic carbocycles. The van der Waals surface area contributed by atoms with Crippen molar-refractivity contribution in [3.8, 4) is 17.1 Å². The SMILES string of the molecule is Cn1nccc1-c1ccc2c(=O)n(-c3ccc(Cl)c4c(NS(C)(=O)=O)nn(C)c34)c([C@H](Cc3cc(F)cc(F)c3)NC(=O)Cn3nc(C(F)F)c4c3C(F)(F)[C@@H]3C[C@H]43)nc2n1. The molecule has 316 valence electrons. The number of rotatable bonds is 11. The largest absolute Gasteiger partial charge is 0.344 e. The zero-order chi connectivity index (χ0) is 43.4. The Labute approximate surface area is 345 Å². The lowest BCUT2D eigenvalue weighted by atomic mass is 10.0. The van der Waals surface area contributed by atoms with Crippen LogP contribution in [0.4, 0.5) is 32.2 Å². The Morgan fingerprint density at radius 3 is 2.43 bits per heavy atom. The van der Waals surface area contributed by atoms with E-state index in [0.29, 0.717) is 22.1 Å². The quantitative estimate of drug-likeness (QED) is 0.152. The van der Waals surface area contributed by atoms with Crippen molar-refractivity contribution in [3.05, 3.63) is 110 Å². The van der Waals surface area contributed by atoms with Gasteiger partial charge in [0.15, 0.2) is 11.5 Å². The molecule has 0 unspecified atom stereocenters. The van der Waals surface area contributed by atoms with E-state index < -0.39 is 87.7 Å². The fourth-order valence-electron chi connectivity index (χ4n) is 8.23. The van der Waals surface area contributed by atoms with Crippen LogP contribution in [0.3, 0.4) is 0 Å². The Hall–Kier alpha value is -6.29. The molecule has 2 aliphatic carbocycles. The van der Waals surface area contributed by atoms with Crippen molar-refractivity contribution in [2.75, 3.05) is 11.0 Å². The molecule has 7 aromatic rings. The second-order valence-electron chi connectivity index (χ2n) is 14.9. The molecule has 2 N–H and O–H groups in total. The molecule has 5 aromatic heterocycles. The normalized spacial score (nSPS) is 17.2. The predicted molar refractivity (Wildman–Crippen MR) is 208 cm³/mol. The Kier molecular flexibility index (Phi) is 9.31. The van der Waals surface area contributed by atoms with Gasteiger partial charge < -0.3 is 5.32 Å². The van der Waals surface area contributed by atoms with Gasteiger partial charge in [0.1, 0.15) is 35.4 Å². The van der Waals surface area contributed by atoms with Gasteiger partial charge in [0, 0.05) is 44.3 Å². The predicted octanol–water partition coefficient (Wildman–Crippen LogP) is 5.81. The fourth-order valence-corrected chi connectivity index (χ4v) is 8.96. The standard InChI is InChI=1S/C38H30ClF6N11O4S/c1-53-25(8-9-46-53)23-6-4-19-34(48-23)49-36(56(37(19)58)26-7-5-22(39)29-31(26)54(2)51-35(29)52-61(3,59)60)24(12-16-10-17(40)13-18(41)11-16)47-27(57)15-55-32-28(30(50-55)33(42)43)20-14-21(20)38(32,44)45/h4-11,13,20-21,24,33H,12,14-15H2,1-3H3,(H,47,57)(H,51,52)/t20-,21+,24-/m0/s1. The molecule has 1 saturated carbocycles. The number of sulfonamides is 1. The van der Waals surface area contributed by atoms with Gasteiger partial charge in [-0.15, -0.1) is 0 Å². The van der Waals surface area contributed by atoms with Gasteiger partial charge in [-0.3, -0.25) is 32.9 Å². The minimum absolute atomic E-state index is 0.00364. The Balaban J connectivity index is 1.26. The maximum absolute atomic E-state index is 15.5. The van der Waals surface area contributed by atoms with E-state index in [1.807, 2.05) is 0 Å². The minimum atomic E-state index is -3.91. The first-order valence-corrected chi connectivity index (χ1v) is 20.6. The molecule has 0 saturated heterocycles. The highest BCUT2D eigenvalue weighted by molar-refractivity contribution is 7.92. The third-order valence-electron chi connectivity index (χ3n) is 10.8. The Morgan fingerprint density at radius 1 is 1.02 bits per heavy atom. The molecule has 3 atom stereocenters. The molecule has 0 spiro atoms. The zero-order valence-electron chi connectivity index (χ0n) is 31.8. The number of aromatic nitrogens is 9. The summed E-state index contributed by atoms with van der Waals surface area (Å²) in [5, 5.41) is 14.8. The number of halogens is 7. The first kappa shape index (κ1) is 40.1. The van der Waals surface area contributed by atoms with Crippen LogP contribution >= 0.6 is 11.6 Å². The number of fused-ring (bicyclic) bond motifs is 5. The summed E-state index contributed by atoms with van der Waals surface area (Å²) in [6.07, 6.45) is -1.28. The Morgan fingerprint density at radius 2 is 1.75 bits per heavy atom. The number of hydrogen-bond acceptors (Lipinski definition) is 9. The van der Waals surface area contributed by atoms with Crippen molar-refractivity contribution in [2.45, 2.75) is 43.7 Å². The lowest BCUT2D eigenvalue weighted by molar-refractivity contribution is -0.123. The molecule has 0 radical (unpaired) electrons. The number of alkyl halides is 4. The molecule has 0 bridgehead atoms. The number of carbonyl (C=O) groups excluding carboxylic acids is 1. The highest BCUT2D eigenvalue weighted by Gasteiger charge is 2.67. The van der Waals surface area contributed by atoms with Crippen LogP contribution in [0.25, 0.3) is 39.0 Å². The molecular weight excluding hydrogens is 856 g/mol. The monoisotopic (exact) mass is 885 g/mol. The van der Waals surface area contributed by atoms with Gasteiger partial charge in [-0.2, -0.15) is 24.1 Å². The van der Waals surface area contributed by atoms with Crippen LogP contribution in [-0.4, -0.2) is 64.5 Å². The molecule has 23 heteroatoms. The van der Waals surface area contributed by atoms with E-state index in [1.165, 1.54) is 40.8 Å². The van der Waals surface area contributed by atoms with E-state index in [1.54, 1.807) is 19.2 Å². The third-order valence-corrected chi connectivity index (χ3v) is 11.6. The number of anilines is 1. The molecule has 9 rings (SSSR count). The number of nitrogens with zero attached hydrogens (tertiary/aromatic N) is 9.